The van der Waals surface area contributed by atoms with Crippen LogP contribution in [0.5, 0.6) is 0 Å². The summed E-state index contributed by atoms with van der Waals surface area (Å²) in [5, 5.41) is 20.2. The standard InChI is InChI=1S/C9H13N3/c10-4-1-5-12-9-3-2-8(6-9)7-11/h8-9,12H,1-3,5-6H2. The van der Waals surface area contributed by atoms with E-state index in [1.54, 1.807) is 0 Å². The molecule has 1 fully saturated rings. The summed E-state index contributed by atoms with van der Waals surface area (Å²) in [6, 6.07) is 4.84. The van der Waals surface area contributed by atoms with Gasteiger partial charge in [0.15, 0.2) is 0 Å². The molecule has 1 N–H and O–H groups in total. The van der Waals surface area contributed by atoms with Gasteiger partial charge in [0.25, 0.3) is 0 Å². The molecule has 0 spiro atoms. The molecule has 1 saturated carbocycles. The summed E-state index contributed by atoms with van der Waals surface area (Å²) in [4.78, 5) is 0. The Bertz CT molecular complexity index is 211. The zero-order chi connectivity index (χ0) is 8.81. The van der Waals surface area contributed by atoms with E-state index in [-0.39, 0.29) is 5.92 Å². The van der Waals surface area contributed by atoms with Crippen LogP contribution in [0.2, 0.25) is 0 Å². The number of nitriles is 2. The quantitative estimate of drug-likeness (QED) is 0.635. The fourth-order valence-corrected chi connectivity index (χ4v) is 1.62. The fraction of sp³-hybridized carbons (Fsp3) is 0.778. The molecule has 1 aliphatic carbocycles. The van der Waals surface area contributed by atoms with Crippen LogP contribution in [0, 0.1) is 28.6 Å². The van der Waals surface area contributed by atoms with Gasteiger partial charge in [0.05, 0.1) is 12.1 Å². The molecule has 0 radical (unpaired) electrons. The van der Waals surface area contributed by atoms with Gasteiger partial charge < -0.3 is 5.32 Å². The van der Waals surface area contributed by atoms with E-state index in [4.69, 9.17) is 10.5 Å². The lowest BCUT2D eigenvalue weighted by Gasteiger charge is -2.09. The molecule has 12 heavy (non-hydrogen) atoms. The van der Waals surface area contributed by atoms with Gasteiger partial charge in [0, 0.05) is 24.9 Å². The van der Waals surface area contributed by atoms with Crippen LogP contribution in [-0.4, -0.2) is 12.6 Å². The minimum absolute atomic E-state index is 0.240. The molecule has 0 aromatic heterocycles. The Balaban J connectivity index is 2.13. The Hall–Kier alpha value is -1.06. The van der Waals surface area contributed by atoms with Gasteiger partial charge in [-0.05, 0) is 19.3 Å². The zero-order valence-electron chi connectivity index (χ0n) is 7.08. The van der Waals surface area contributed by atoms with Crippen molar-refractivity contribution in [2.24, 2.45) is 5.92 Å². The van der Waals surface area contributed by atoms with Crippen LogP contribution >= 0.6 is 0 Å². The predicted octanol–water partition coefficient (Wildman–Crippen LogP) is 1.18. The zero-order valence-corrected chi connectivity index (χ0v) is 7.08. The second-order valence-corrected chi connectivity index (χ2v) is 3.20. The maximum absolute atomic E-state index is 8.63. The van der Waals surface area contributed by atoms with Crippen molar-refractivity contribution in [3.8, 4) is 12.1 Å². The van der Waals surface area contributed by atoms with Crippen molar-refractivity contribution in [2.75, 3.05) is 6.54 Å². The van der Waals surface area contributed by atoms with E-state index >= 15 is 0 Å². The van der Waals surface area contributed by atoms with Crippen LogP contribution in [0.25, 0.3) is 0 Å². The molecule has 64 valence electrons. The van der Waals surface area contributed by atoms with Crippen LogP contribution in [0.3, 0.4) is 0 Å². The normalized spacial score (nSPS) is 27.8. The number of nitrogens with one attached hydrogen (secondary N) is 1. The average molecular weight is 163 g/mol. The first kappa shape index (κ1) is 9.03. The lowest BCUT2D eigenvalue weighted by atomic mass is 10.1. The Morgan fingerprint density at radius 3 is 2.75 bits per heavy atom. The third kappa shape index (κ3) is 2.53. The van der Waals surface area contributed by atoms with E-state index in [0.717, 1.165) is 25.8 Å². The smallest absolute Gasteiger partial charge is 0.0656 e. The monoisotopic (exact) mass is 163 g/mol. The molecule has 0 aromatic rings. The van der Waals surface area contributed by atoms with Crippen molar-refractivity contribution in [3.63, 3.8) is 0 Å². The molecule has 0 amide bonds. The molecule has 0 heterocycles. The first-order valence-corrected chi connectivity index (χ1v) is 4.36. The van der Waals surface area contributed by atoms with Gasteiger partial charge in [0.2, 0.25) is 0 Å². The van der Waals surface area contributed by atoms with Crippen LogP contribution in [0.15, 0.2) is 0 Å². The van der Waals surface area contributed by atoms with Crippen LogP contribution in [0.4, 0.5) is 0 Å². The van der Waals surface area contributed by atoms with Crippen molar-refractivity contribution >= 4 is 0 Å². The first-order valence-electron chi connectivity index (χ1n) is 4.36. The van der Waals surface area contributed by atoms with E-state index in [2.05, 4.69) is 17.5 Å². The maximum Gasteiger partial charge on any atom is 0.0656 e. The molecule has 0 saturated heterocycles. The summed E-state index contributed by atoms with van der Waals surface area (Å²) in [6.07, 6.45) is 3.63. The van der Waals surface area contributed by atoms with E-state index in [1.807, 2.05) is 0 Å². The molecule has 0 bridgehead atoms. The summed E-state index contributed by atoms with van der Waals surface area (Å²) in [5.41, 5.74) is 0. The molecular formula is C9H13N3. The first-order chi connectivity index (χ1) is 5.86. The molecule has 2 unspecified atom stereocenters. The maximum atomic E-state index is 8.63. The van der Waals surface area contributed by atoms with Crippen molar-refractivity contribution in [2.45, 2.75) is 31.7 Å². The molecule has 2 atom stereocenters. The average Bonchev–Trinajstić information content (AvgIpc) is 2.53. The third-order valence-electron chi connectivity index (χ3n) is 2.29. The minimum atomic E-state index is 0.240. The lowest BCUT2D eigenvalue weighted by Crippen LogP contribution is -2.27. The van der Waals surface area contributed by atoms with Gasteiger partial charge in [-0.15, -0.1) is 0 Å². The highest BCUT2D eigenvalue weighted by molar-refractivity contribution is 4.92. The van der Waals surface area contributed by atoms with Crippen molar-refractivity contribution in [1.82, 2.24) is 5.32 Å². The van der Waals surface area contributed by atoms with Gasteiger partial charge in [-0.2, -0.15) is 10.5 Å². The molecular weight excluding hydrogens is 150 g/mol. The highest BCUT2D eigenvalue weighted by atomic mass is 14.9. The Morgan fingerprint density at radius 1 is 1.33 bits per heavy atom. The van der Waals surface area contributed by atoms with Gasteiger partial charge >= 0.3 is 0 Å². The Labute approximate surface area is 73.0 Å². The molecule has 1 aliphatic rings. The van der Waals surface area contributed by atoms with Crippen molar-refractivity contribution < 1.29 is 0 Å². The molecule has 3 heteroatoms. The van der Waals surface area contributed by atoms with Crippen molar-refractivity contribution in [3.05, 3.63) is 0 Å². The highest BCUT2D eigenvalue weighted by Gasteiger charge is 2.23. The minimum Gasteiger partial charge on any atom is -0.313 e. The number of hydrogen-bond donors (Lipinski definition) is 1. The third-order valence-corrected chi connectivity index (χ3v) is 2.29. The topological polar surface area (TPSA) is 59.6 Å². The molecule has 0 aromatic carbocycles. The van der Waals surface area contributed by atoms with Gasteiger partial charge in [-0.3, -0.25) is 0 Å². The molecule has 3 nitrogen and oxygen atoms in total. The number of hydrogen-bond acceptors (Lipinski definition) is 3. The highest BCUT2D eigenvalue weighted by Crippen LogP contribution is 2.24. The summed E-state index contributed by atoms with van der Waals surface area (Å²) in [5.74, 6) is 0.240. The largest absolute Gasteiger partial charge is 0.313 e. The van der Waals surface area contributed by atoms with E-state index in [1.165, 1.54) is 0 Å². The lowest BCUT2D eigenvalue weighted by molar-refractivity contribution is 0.522. The molecule has 1 rings (SSSR count). The van der Waals surface area contributed by atoms with Gasteiger partial charge in [-0.25, -0.2) is 0 Å². The number of nitrogens with zero attached hydrogens (tertiary/aromatic N) is 2. The number of rotatable bonds is 3. The SMILES string of the molecule is N#CCCNC1CCC(C#N)C1. The Kier molecular flexibility index (Phi) is 3.57. The van der Waals surface area contributed by atoms with E-state index in [0.29, 0.717) is 12.5 Å². The van der Waals surface area contributed by atoms with E-state index < -0.39 is 0 Å². The molecule has 0 aliphatic heterocycles. The van der Waals surface area contributed by atoms with Gasteiger partial charge in [0.1, 0.15) is 0 Å². The van der Waals surface area contributed by atoms with Gasteiger partial charge in [-0.1, -0.05) is 0 Å². The van der Waals surface area contributed by atoms with Crippen LogP contribution in [0.1, 0.15) is 25.7 Å². The van der Waals surface area contributed by atoms with Crippen LogP contribution < -0.4 is 5.32 Å². The summed E-state index contributed by atoms with van der Waals surface area (Å²) in [7, 11) is 0. The second kappa shape index (κ2) is 4.74. The summed E-state index contributed by atoms with van der Waals surface area (Å²) in [6.45, 7) is 0.763. The predicted molar refractivity (Wildman–Crippen MR) is 45.0 cm³/mol. The van der Waals surface area contributed by atoms with Crippen molar-refractivity contribution in [1.29, 1.82) is 10.5 Å². The second-order valence-electron chi connectivity index (χ2n) is 3.20. The summed E-state index contributed by atoms with van der Waals surface area (Å²) < 4.78 is 0. The summed E-state index contributed by atoms with van der Waals surface area (Å²) >= 11 is 0. The Morgan fingerprint density at radius 2 is 2.17 bits per heavy atom. The fourth-order valence-electron chi connectivity index (χ4n) is 1.62. The van der Waals surface area contributed by atoms with Crippen LogP contribution in [-0.2, 0) is 0 Å². The van der Waals surface area contributed by atoms with E-state index in [9.17, 15) is 0 Å².